The number of hydrogen-bond acceptors (Lipinski definition) is 8. The van der Waals surface area contributed by atoms with Crippen LogP contribution in [-0.4, -0.2) is 56.6 Å². The molecule has 1 unspecified atom stereocenters. The Balaban J connectivity index is 2.26. The third kappa shape index (κ3) is 12.2. The van der Waals surface area contributed by atoms with Gasteiger partial charge in [-0.2, -0.15) is 0 Å². The highest BCUT2D eigenvalue weighted by Crippen LogP contribution is 2.34. The summed E-state index contributed by atoms with van der Waals surface area (Å²) in [6, 6.07) is 15.1. The van der Waals surface area contributed by atoms with Gasteiger partial charge in [-0.25, -0.2) is 0 Å². The number of methoxy groups -OCH3 is 2. The highest BCUT2D eigenvalue weighted by Gasteiger charge is 2.38. The number of hydrogen-bond donors (Lipinski definition) is 1. The standard InChI is InChI=1S/C35H50O9/c1-23(2)28(18-27-14-15-31(41-7)33(19-27)42-17-11-16-40-6)20-30(34(37)38)32(44-25(5)36)21-29(24(3)4)35(39)43-22-26-12-9-8-10-13-26/h8-10,12-15,19,23-24,28-30,32H,11,16-18,20-22H2,1-7H3,(H,37,38)/t28?,29-,30-,32-/m0/s1. The summed E-state index contributed by atoms with van der Waals surface area (Å²) in [5.41, 5.74) is 1.83. The van der Waals surface area contributed by atoms with E-state index in [0.717, 1.165) is 17.5 Å². The van der Waals surface area contributed by atoms with Crippen LogP contribution in [-0.2, 0) is 41.6 Å². The van der Waals surface area contributed by atoms with Gasteiger partial charge in [-0.05, 0) is 60.3 Å². The van der Waals surface area contributed by atoms with Gasteiger partial charge in [0.1, 0.15) is 12.7 Å². The Labute approximate surface area is 262 Å². The largest absolute Gasteiger partial charge is 0.493 e. The van der Waals surface area contributed by atoms with Gasteiger partial charge < -0.3 is 28.8 Å². The summed E-state index contributed by atoms with van der Waals surface area (Å²) < 4.78 is 27.8. The second-order valence-electron chi connectivity index (χ2n) is 11.9. The number of ether oxygens (including phenoxy) is 5. The molecular formula is C35H50O9. The van der Waals surface area contributed by atoms with Crippen molar-refractivity contribution in [1.29, 1.82) is 0 Å². The second-order valence-corrected chi connectivity index (χ2v) is 11.9. The van der Waals surface area contributed by atoms with Crippen LogP contribution in [0.1, 0.15) is 65.0 Å². The van der Waals surface area contributed by atoms with Gasteiger partial charge in [-0.15, -0.1) is 0 Å². The molecule has 0 amide bonds. The Hall–Kier alpha value is -3.59. The van der Waals surface area contributed by atoms with Crippen LogP contribution in [0.25, 0.3) is 0 Å². The fraction of sp³-hybridized carbons (Fsp3) is 0.571. The molecule has 2 aromatic carbocycles. The van der Waals surface area contributed by atoms with Crippen molar-refractivity contribution in [3.63, 3.8) is 0 Å². The Morgan fingerprint density at radius 2 is 1.52 bits per heavy atom. The minimum absolute atomic E-state index is 0.0502. The fourth-order valence-corrected chi connectivity index (χ4v) is 5.21. The van der Waals surface area contributed by atoms with Crippen LogP contribution in [0.15, 0.2) is 48.5 Å². The van der Waals surface area contributed by atoms with Crippen molar-refractivity contribution in [3.05, 3.63) is 59.7 Å². The first kappa shape index (κ1) is 36.6. The van der Waals surface area contributed by atoms with E-state index in [2.05, 4.69) is 0 Å². The predicted molar refractivity (Wildman–Crippen MR) is 167 cm³/mol. The first-order chi connectivity index (χ1) is 21.0. The summed E-state index contributed by atoms with van der Waals surface area (Å²) in [5, 5.41) is 10.4. The maximum atomic E-state index is 13.2. The average Bonchev–Trinajstić information content (AvgIpc) is 2.98. The molecule has 0 aliphatic rings. The molecule has 244 valence electrons. The van der Waals surface area contributed by atoms with Crippen molar-refractivity contribution >= 4 is 17.9 Å². The third-order valence-electron chi connectivity index (χ3n) is 7.88. The first-order valence-electron chi connectivity index (χ1n) is 15.4. The molecule has 44 heavy (non-hydrogen) atoms. The van der Waals surface area contributed by atoms with Crippen LogP contribution in [0, 0.1) is 29.6 Å². The molecule has 9 heteroatoms. The van der Waals surface area contributed by atoms with E-state index in [0.29, 0.717) is 31.1 Å². The lowest BCUT2D eigenvalue weighted by molar-refractivity contribution is -0.164. The SMILES string of the molecule is COCCCOc1cc(CC(C[C@H](C(=O)O)[C@H](C[C@H](C(=O)OCc2ccccc2)C(C)C)OC(C)=O)C(C)C)ccc1OC. The van der Waals surface area contributed by atoms with E-state index in [1.54, 1.807) is 14.2 Å². The Bertz CT molecular complexity index is 1160. The number of aliphatic carboxylic acids is 1. The molecule has 0 heterocycles. The Morgan fingerprint density at radius 3 is 2.09 bits per heavy atom. The lowest BCUT2D eigenvalue weighted by Gasteiger charge is -2.32. The lowest BCUT2D eigenvalue weighted by atomic mass is 9.77. The maximum absolute atomic E-state index is 13.2. The molecule has 0 aliphatic heterocycles. The molecule has 0 aliphatic carbocycles. The molecule has 0 saturated heterocycles. The highest BCUT2D eigenvalue weighted by atomic mass is 16.5. The highest BCUT2D eigenvalue weighted by molar-refractivity contribution is 5.74. The van der Waals surface area contributed by atoms with Crippen LogP contribution in [0.2, 0.25) is 0 Å². The number of carbonyl (C=O) groups is 3. The molecule has 0 spiro atoms. The molecule has 2 aromatic rings. The van der Waals surface area contributed by atoms with E-state index in [-0.39, 0.29) is 37.2 Å². The van der Waals surface area contributed by atoms with Crippen LogP contribution in [0.5, 0.6) is 11.5 Å². The zero-order valence-electron chi connectivity index (χ0n) is 27.2. The Morgan fingerprint density at radius 1 is 0.818 bits per heavy atom. The molecule has 0 fully saturated rings. The number of esters is 2. The quantitative estimate of drug-likeness (QED) is 0.134. The van der Waals surface area contributed by atoms with Crippen molar-refractivity contribution in [3.8, 4) is 11.5 Å². The van der Waals surface area contributed by atoms with Gasteiger partial charge in [0.25, 0.3) is 0 Å². The van der Waals surface area contributed by atoms with Crippen molar-refractivity contribution in [1.82, 2.24) is 0 Å². The number of carbonyl (C=O) groups excluding carboxylic acids is 2. The van der Waals surface area contributed by atoms with Gasteiger partial charge >= 0.3 is 17.9 Å². The molecule has 0 radical (unpaired) electrons. The Kier molecular flexibility index (Phi) is 15.8. The van der Waals surface area contributed by atoms with Crippen molar-refractivity contribution in [2.24, 2.45) is 29.6 Å². The van der Waals surface area contributed by atoms with E-state index < -0.39 is 35.8 Å². The van der Waals surface area contributed by atoms with Gasteiger partial charge in [0, 0.05) is 27.1 Å². The van der Waals surface area contributed by atoms with Gasteiger partial charge in [-0.1, -0.05) is 64.1 Å². The summed E-state index contributed by atoms with van der Waals surface area (Å²) in [6.07, 6.45) is 0.616. The molecule has 0 bridgehead atoms. The minimum atomic E-state index is -1.07. The zero-order valence-corrected chi connectivity index (χ0v) is 27.2. The van der Waals surface area contributed by atoms with Crippen molar-refractivity contribution in [2.45, 2.75) is 73.0 Å². The summed E-state index contributed by atoms with van der Waals surface area (Å²) in [5.74, 6) is -2.64. The smallest absolute Gasteiger partial charge is 0.310 e. The number of carboxylic acids is 1. The number of benzene rings is 2. The molecule has 1 N–H and O–H groups in total. The third-order valence-corrected chi connectivity index (χ3v) is 7.88. The lowest BCUT2D eigenvalue weighted by Crippen LogP contribution is -2.38. The molecular weight excluding hydrogens is 564 g/mol. The average molecular weight is 615 g/mol. The second kappa shape index (κ2) is 18.9. The summed E-state index contributed by atoms with van der Waals surface area (Å²) >= 11 is 0. The minimum Gasteiger partial charge on any atom is -0.493 e. The fourth-order valence-electron chi connectivity index (χ4n) is 5.21. The van der Waals surface area contributed by atoms with Crippen molar-refractivity contribution < 1.29 is 43.2 Å². The summed E-state index contributed by atoms with van der Waals surface area (Å²) in [4.78, 5) is 38.1. The normalized spacial score (nSPS) is 14.0. The van der Waals surface area contributed by atoms with Gasteiger partial charge in [0.15, 0.2) is 11.5 Å². The van der Waals surface area contributed by atoms with Gasteiger partial charge in [0.05, 0.1) is 25.6 Å². The number of carboxylic acid groups (broad SMARTS) is 1. The summed E-state index contributed by atoms with van der Waals surface area (Å²) in [6.45, 7) is 10.3. The molecule has 0 saturated carbocycles. The zero-order chi connectivity index (χ0) is 32.6. The van der Waals surface area contributed by atoms with Crippen molar-refractivity contribution in [2.75, 3.05) is 27.4 Å². The maximum Gasteiger partial charge on any atom is 0.310 e. The van der Waals surface area contributed by atoms with Gasteiger partial charge in [-0.3, -0.25) is 14.4 Å². The molecule has 2 rings (SSSR count). The van der Waals surface area contributed by atoms with E-state index in [1.165, 1.54) is 6.92 Å². The molecule has 9 nitrogen and oxygen atoms in total. The summed E-state index contributed by atoms with van der Waals surface area (Å²) in [7, 11) is 3.23. The number of rotatable bonds is 20. The van der Waals surface area contributed by atoms with Crippen LogP contribution in [0.4, 0.5) is 0 Å². The molecule has 0 aromatic heterocycles. The topological polar surface area (TPSA) is 118 Å². The van der Waals surface area contributed by atoms with E-state index in [4.69, 9.17) is 23.7 Å². The van der Waals surface area contributed by atoms with Crippen LogP contribution in [0.3, 0.4) is 0 Å². The molecule has 4 atom stereocenters. The van der Waals surface area contributed by atoms with E-state index >= 15 is 0 Å². The first-order valence-corrected chi connectivity index (χ1v) is 15.4. The predicted octanol–water partition coefficient (Wildman–Crippen LogP) is 6.35. The van der Waals surface area contributed by atoms with E-state index in [1.807, 2.05) is 76.2 Å². The van der Waals surface area contributed by atoms with E-state index in [9.17, 15) is 19.5 Å². The monoisotopic (exact) mass is 614 g/mol. The van der Waals surface area contributed by atoms with Gasteiger partial charge in [0.2, 0.25) is 0 Å². The van der Waals surface area contributed by atoms with Crippen LogP contribution >= 0.6 is 0 Å². The van der Waals surface area contributed by atoms with Crippen LogP contribution < -0.4 is 9.47 Å².